The number of carbonyl (C=O) groups excluding carboxylic acids is 3. The largest absolute Gasteiger partial charge is 0.465 e. The standard InChI is InChI=1S/C19H16N2O5S/c1-11-14(19(24)25-2)18(21-16(22)13-9-6-10-26-13)27-15(11)17(23)20-12-7-4-3-5-8-12/h3-10H,1-2H3,(H,20,23)(H,21,22). The van der Waals surface area contributed by atoms with Crippen LogP contribution in [0.5, 0.6) is 0 Å². The zero-order chi connectivity index (χ0) is 19.4. The molecule has 7 nitrogen and oxygen atoms in total. The van der Waals surface area contributed by atoms with Crippen molar-refractivity contribution in [1.29, 1.82) is 0 Å². The van der Waals surface area contributed by atoms with E-state index in [9.17, 15) is 14.4 Å². The molecule has 0 radical (unpaired) electrons. The predicted molar refractivity (Wildman–Crippen MR) is 101 cm³/mol. The van der Waals surface area contributed by atoms with Gasteiger partial charge in [0.15, 0.2) is 5.76 Å². The summed E-state index contributed by atoms with van der Waals surface area (Å²) in [4.78, 5) is 37.4. The Balaban J connectivity index is 1.93. The van der Waals surface area contributed by atoms with Gasteiger partial charge in [0.2, 0.25) is 0 Å². The zero-order valence-electron chi connectivity index (χ0n) is 14.6. The molecule has 0 aliphatic heterocycles. The van der Waals surface area contributed by atoms with Gasteiger partial charge in [-0.15, -0.1) is 11.3 Å². The van der Waals surface area contributed by atoms with E-state index >= 15 is 0 Å². The number of amides is 2. The number of methoxy groups -OCH3 is 1. The molecule has 2 heterocycles. The summed E-state index contributed by atoms with van der Waals surface area (Å²) >= 11 is 0.996. The topological polar surface area (TPSA) is 97.6 Å². The van der Waals surface area contributed by atoms with E-state index < -0.39 is 11.9 Å². The molecule has 0 aliphatic rings. The summed E-state index contributed by atoms with van der Waals surface area (Å²) in [5.74, 6) is -1.46. The SMILES string of the molecule is COC(=O)c1c(NC(=O)c2ccco2)sc(C(=O)Nc2ccccc2)c1C. The van der Waals surface area contributed by atoms with Crippen LogP contribution in [0.15, 0.2) is 53.1 Å². The molecule has 0 unspecified atom stereocenters. The number of rotatable bonds is 5. The summed E-state index contributed by atoms with van der Waals surface area (Å²) < 4.78 is 9.86. The minimum atomic E-state index is -0.641. The van der Waals surface area contributed by atoms with Gasteiger partial charge in [0.1, 0.15) is 5.00 Å². The number of para-hydroxylation sites is 1. The second-order valence-electron chi connectivity index (χ2n) is 5.50. The van der Waals surface area contributed by atoms with Crippen LogP contribution in [0.4, 0.5) is 10.7 Å². The van der Waals surface area contributed by atoms with Gasteiger partial charge < -0.3 is 19.8 Å². The van der Waals surface area contributed by atoms with E-state index in [1.165, 1.54) is 19.4 Å². The molecule has 0 fully saturated rings. The number of furan rings is 1. The van der Waals surface area contributed by atoms with Crippen LogP contribution in [-0.2, 0) is 4.74 Å². The van der Waals surface area contributed by atoms with E-state index in [0.29, 0.717) is 16.1 Å². The first-order valence-corrected chi connectivity index (χ1v) is 8.76. The van der Waals surface area contributed by atoms with E-state index in [-0.39, 0.29) is 22.2 Å². The maximum Gasteiger partial charge on any atom is 0.341 e. The van der Waals surface area contributed by atoms with Crippen LogP contribution < -0.4 is 10.6 Å². The molecule has 0 saturated carbocycles. The first kappa shape index (κ1) is 18.4. The molecule has 2 N–H and O–H groups in total. The highest BCUT2D eigenvalue weighted by molar-refractivity contribution is 7.19. The van der Waals surface area contributed by atoms with Crippen LogP contribution in [-0.4, -0.2) is 24.9 Å². The number of ether oxygens (including phenoxy) is 1. The summed E-state index contributed by atoms with van der Waals surface area (Å²) in [6.45, 7) is 1.63. The van der Waals surface area contributed by atoms with Crippen LogP contribution in [0.3, 0.4) is 0 Å². The van der Waals surface area contributed by atoms with E-state index in [0.717, 1.165) is 11.3 Å². The second-order valence-corrected chi connectivity index (χ2v) is 6.52. The van der Waals surface area contributed by atoms with Crippen molar-refractivity contribution in [2.24, 2.45) is 0 Å². The van der Waals surface area contributed by atoms with Gasteiger partial charge in [0.05, 0.1) is 23.8 Å². The number of thiophene rings is 1. The highest BCUT2D eigenvalue weighted by Crippen LogP contribution is 2.34. The number of benzene rings is 1. The van der Waals surface area contributed by atoms with Crippen molar-refractivity contribution in [3.8, 4) is 0 Å². The molecule has 3 aromatic rings. The lowest BCUT2D eigenvalue weighted by Crippen LogP contribution is -2.14. The molecule has 1 aromatic carbocycles. The highest BCUT2D eigenvalue weighted by atomic mass is 32.1. The average molecular weight is 384 g/mol. The Morgan fingerprint density at radius 1 is 1.00 bits per heavy atom. The number of carbonyl (C=O) groups is 3. The van der Waals surface area contributed by atoms with Crippen LogP contribution >= 0.6 is 11.3 Å². The van der Waals surface area contributed by atoms with E-state index in [2.05, 4.69) is 10.6 Å². The zero-order valence-corrected chi connectivity index (χ0v) is 15.4. The Morgan fingerprint density at radius 3 is 2.37 bits per heavy atom. The van der Waals surface area contributed by atoms with E-state index in [4.69, 9.17) is 9.15 Å². The van der Waals surface area contributed by atoms with E-state index in [1.807, 2.05) is 6.07 Å². The number of anilines is 2. The van der Waals surface area contributed by atoms with Crippen LogP contribution in [0.1, 0.15) is 36.1 Å². The molecule has 3 rings (SSSR count). The molecule has 138 valence electrons. The summed E-state index contributed by atoms with van der Waals surface area (Å²) in [5, 5.41) is 5.60. The fourth-order valence-electron chi connectivity index (χ4n) is 2.45. The fraction of sp³-hybridized carbons (Fsp3) is 0.105. The maximum absolute atomic E-state index is 12.6. The third-order valence-electron chi connectivity index (χ3n) is 3.75. The van der Waals surface area contributed by atoms with Gasteiger partial charge in [-0.1, -0.05) is 18.2 Å². The smallest absolute Gasteiger partial charge is 0.341 e. The van der Waals surface area contributed by atoms with Crippen molar-refractivity contribution in [1.82, 2.24) is 0 Å². The molecule has 27 heavy (non-hydrogen) atoms. The first-order chi connectivity index (χ1) is 13.0. The molecule has 0 saturated heterocycles. The molecule has 0 atom stereocenters. The third-order valence-corrected chi connectivity index (χ3v) is 4.95. The van der Waals surface area contributed by atoms with Gasteiger partial charge in [-0.05, 0) is 36.8 Å². The first-order valence-electron chi connectivity index (χ1n) is 7.94. The third kappa shape index (κ3) is 3.90. The Morgan fingerprint density at radius 2 is 1.74 bits per heavy atom. The molecular formula is C19H16N2O5S. The Labute approximate surface area is 159 Å². The number of esters is 1. The normalized spacial score (nSPS) is 10.3. The molecule has 0 aliphatic carbocycles. The second kappa shape index (κ2) is 7.88. The Hall–Kier alpha value is -3.39. The van der Waals surface area contributed by atoms with Gasteiger partial charge in [-0.2, -0.15) is 0 Å². The summed E-state index contributed by atoms with van der Waals surface area (Å²) in [5.41, 5.74) is 1.19. The van der Waals surface area contributed by atoms with Crippen LogP contribution in [0, 0.1) is 6.92 Å². The van der Waals surface area contributed by atoms with Gasteiger partial charge in [0, 0.05) is 5.69 Å². The lowest BCUT2D eigenvalue weighted by atomic mass is 10.1. The lowest BCUT2D eigenvalue weighted by molar-refractivity contribution is 0.0601. The number of hydrogen-bond acceptors (Lipinski definition) is 6. The fourth-order valence-corrected chi connectivity index (χ4v) is 3.53. The summed E-state index contributed by atoms with van der Waals surface area (Å²) in [6.07, 6.45) is 1.37. The molecular weight excluding hydrogens is 368 g/mol. The van der Waals surface area contributed by atoms with Crippen molar-refractivity contribution in [3.05, 3.63) is 70.5 Å². The van der Waals surface area contributed by atoms with Crippen molar-refractivity contribution in [2.45, 2.75) is 6.92 Å². The van der Waals surface area contributed by atoms with Gasteiger partial charge in [-0.25, -0.2) is 4.79 Å². The van der Waals surface area contributed by atoms with Crippen molar-refractivity contribution in [3.63, 3.8) is 0 Å². The number of nitrogens with one attached hydrogen (secondary N) is 2. The van der Waals surface area contributed by atoms with Crippen LogP contribution in [0.2, 0.25) is 0 Å². The summed E-state index contributed by atoms with van der Waals surface area (Å²) in [7, 11) is 1.24. The van der Waals surface area contributed by atoms with Gasteiger partial charge in [-0.3, -0.25) is 9.59 Å². The van der Waals surface area contributed by atoms with Crippen molar-refractivity contribution < 1.29 is 23.5 Å². The van der Waals surface area contributed by atoms with Crippen molar-refractivity contribution in [2.75, 3.05) is 17.7 Å². The lowest BCUT2D eigenvalue weighted by Gasteiger charge is -2.05. The maximum atomic E-state index is 12.6. The van der Waals surface area contributed by atoms with Gasteiger partial charge in [0.25, 0.3) is 11.8 Å². The molecule has 0 bridgehead atoms. The highest BCUT2D eigenvalue weighted by Gasteiger charge is 2.27. The summed E-state index contributed by atoms with van der Waals surface area (Å²) in [6, 6.07) is 12.0. The quantitative estimate of drug-likeness (QED) is 0.649. The minimum absolute atomic E-state index is 0.0900. The molecule has 0 spiro atoms. The predicted octanol–water partition coefficient (Wildman–Crippen LogP) is 3.94. The Kier molecular flexibility index (Phi) is 5.37. The molecule has 8 heteroatoms. The van der Waals surface area contributed by atoms with Crippen LogP contribution in [0.25, 0.3) is 0 Å². The number of hydrogen-bond donors (Lipinski definition) is 2. The molecule has 2 aromatic heterocycles. The van der Waals surface area contributed by atoms with E-state index in [1.54, 1.807) is 37.3 Å². The van der Waals surface area contributed by atoms with Crippen molar-refractivity contribution >= 4 is 39.8 Å². The Bertz CT molecular complexity index is 977. The monoisotopic (exact) mass is 384 g/mol. The minimum Gasteiger partial charge on any atom is -0.465 e. The van der Waals surface area contributed by atoms with Gasteiger partial charge >= 0.3 is 5.97 Å². The average Bonchev–Trinajstić information content (AvgIpc) is 3.30. The molecule has 2 amide bonds.